The molecular weight excluding hydrogens is 260 g/mol. The van der Waals surface area contributed by atoms with Crippen LogP contribution in [0.2, 0.25) is 0 Å². The van der Waals surface area contributed by atoms with Crippen LogP contribution >= 0.6 is 0 Å². The van der Waals surface area contributed by atoms with Gasteiger partial charge in [-0.05, 0) is 21.9 Å². The Hall–Kier alpha value is -2.16. The molecule has 1 N–H and O–H groups in total. The largest absolute Gasteiger partial charge is 0.385 e. The quantitative estimate of drug-likeness (QED) is 0.772. The van der Waals surface area contributed by atoms with Crippen molar-refractivity contribution < 1.29 is 9.84 Å². The minimum Gasteiger partial charge on any atom is -0.385 e. The summed E-state index contributed by atoms with van der Waals surface area (Å²) >= 11 is 0. The molecule has 0 spiro atoms. The second kappa shape index (κ2) is 6.08. The highest BCUT2D eigenvalue weighted by molar-refractivity contribution is 5.86. The van der Waals surface area contributed by atoms with E-state index in [1.807, 2.05) is 60.7 Å². The maximum absolute atomic E-state index is 10.8. The molecule has 0 bridgehead atoms. The zero-order valence-electron chi connectivity index (χ0n) is 11.9. The molecule has 2 unspecified atom stereocenters. The first kappa shape index (κ1) is 13.8. The number of ether oxygens (including phenoxy) is 1. The number of aliphatic hydroxyl groups is 1. The second-order valence-electron chi connectivity index (χ2n) is 5.08. The third-order valence-electron chi connectivity index (χ3n) is 3.81. The van der Waals surface area contributed by atoms with Gasteiger partial charge in [0.2, 0.25) is 0 Å². The summed E-state index contributed by atoms with van der Waals surface area (Å²) in [6, 6.07) is 23.9. The van der Waals surface area contributed by atoms with Crippen molar-refractivity contribution in [1.82, 2.24) is 0 Å². The van der Waals surface area contributed by atoms with E-state index in [-0.39, 0.29) is 6.10 Å². The van der Waals surface area contributed by atoms with Crippen LogP contribution in [-0.4, -0.2) is 12.2 Å². The Kier molecular flexibility index (Phi) is 4.00. The van der Waals surface area contributed by atoms with E-state index in [4.69, 9.17) is 4.74 Å². The van der Waals surface area contributed by atoms with Crippen molar-refractivity contribution >= 4 is 10.8 Å². The fourth-order valence-electron chi connectivity index (χ4n) is 2.76. The van der Waals surface area contributed by atoms with Crippen molar-refractivity contribution in [2.75, 3.05) is 7.11 Å². The molecule has 2 heteroatoms. The fourth-order valence-corrected chi connectivity index (χ4v) is 2.76. The molecule has 0 fully saturated rings. The summed E-state index contributed by atoms with van der Waals surface area (Å²) in [7, 11) is 1.63. The SMILES string of the molecule is COC(c1ccccc1)C(O)c1cccc2ccccc12. The van der Waals surface area contributed by atoms with Crippen LogP contribution in [0.5, 0.6) is 0 Å². The topological polar surface area (TPSA) is 29.5 Å². The van der Waals surface area contributed by atoms with Crippen LogP contribution < -0.4 is 0 Å². The molecule has 0 saturated carbocycles. The molecule has 0 aromatic heterocycles. The summed E-state index contributed by atoms with van der Waals surface area (Å²) in [5.41, 5.74) is 1.87. The lowest BCUT2D eigenvalue weighted by Gasteiger charge is -2.23. The van der Waals surface area contributed by atoms with Gasteiger partial charge in [0.1, 0.15) is 12.2 Å². The Balaban J connectivity index is 2.05. The predicted molar refractivity (Wildman–Crippen MR) is 85.1 cm³/mol. The van der Waals surface area contributed by atoms with Crippen molar-refractivity contribution in [2.24, 2.45) is 0 Å². The van der Waals surface area contributed by atoms with E-state index < -0.39 is 6.10 Å². The van der Waals surface area contributed by atoms with E-state index in [2.05, 4.69) is 12.1 Å². The third-order valence-corrected chi connectivity index (χ3v) is 3.81. The molecule has 3 aromatic carbocycles. The highest BCUT2D eigenvalue weighted by atomic mass is 16.5. The molecule has 0 heterocycles. The zero-order valence-corrected chi connectivity index (χ0v) is 11.9. The summed E-state index contributed by atoms with van der Waals surface area (Å²) in [6.07, 6.45) is -1.08. The van der Waals surface area contributed by atoms with Gasteiger partial charge in [-0.2, -0.15) is 0 Å². The smallest absolute Gasteiger partial charge is 0.112 e. The van der Waals surface area contributed by atoms with E-state index in [1.54, 1.807) is 7.11 Å². The monoisotopic (exact) mass is 278 g/mol. The molecule has 0 aliphatic rings. The van der Waals surface area contributed by atoms with Gasteiger partial charge < -0.3 is 9.84 Å². The Morgan fingerprint density at radius 3 is 2.24 bits per heavy atom. The van der Waals surface area contributed by atoms with Gasteiger partial charge in [-0.1, -0.05) is 72.8 Å². The van der Waals surface area contributed by atoms with Gasteiger partial charge in [-0.15, -0.1) is 0 Å². The highest BCUT2D eigenvalue weighted by Crippen LogP contribution is 2.34. The van der Waals surface area contributed by atoms with Crippen LogP contribution in [0.25, 0.3) is 10.8 Å². The van der Waals surface area contributed by atoms with Gasteiger partial charge in [0, 0.05) is 7.11 Å². The molecule has 0 amide bonds. The van der Waals surface area contributed by atoms with Gasteiger partial charge in [0.25, 0.3) is 0 Å². The summed E-state index contributed by atoms with van der Waals surface area (Å²) in [4.78, 5) is 0. The molecule has 106 valence electrons. The van der Waals surface area contributed by atoms with Crippen LogP contribution in [-0.2, 0) is 4.74 Å². The molecule has 0 saturated heterocycles. The van der Waals surface area contributed by atoms with E-state index in [0.717, 1.165) is 21.9 Å². The molecule has 0 aliphatic heterocycles. The lowest BCUT2D eigenvalue weighted by molar-refractivity contribution is -0.0141. The van der Waals surface area contributed by atoms with Gasteiger partial charge >= 0.3 is 0 Å². The average molecular weight is 278 g/mol. The first-order valence-electron chi connectivity index (χ1n) is 7.04. The Bertz CT molecular complexity index is 716. The summed E-state index contributed by atoms with van der Waals surface area (Å²) in [5.74, 6) is 0. The molecule has 0 radical (unpaired) electrons. The van der Waals surface area contributed by atoms with Gasteiger partial charge in [-0.25, -0.2) is 0 Å². The van der Waals surface area contributed by atoms with Crippen LogP contribution in [0.4, 0.5) is 0 Å². The van der Waals surface area contributed by atoms with Crippen molar-refractivity contribution in [3.05, 3.63) is 83.9 Å². The van der Waals surface area contributed by atoms with Crippen molar-refractivity contribution in [2.45, 2.75) is 12.2 Å². The normalized spacial score (nSPS) is 14.0. The molecule has 3 aromatic rings. The molecule has 2 nitrogen and oxygen atoms in total. The standard InChI is InChI=1S/C19H18O2/c1-21-19(15-9-3-2-4-10-15)18(20)17-13-7-11-14-8-5-6-12-16(14)17/h2-13,18-20H,1H3. The van der Waals surface area contributed by atoms with Crippen LogP contribution in [0, 0.1) is 0 Å². The van der Waals surface area contributed by atoms with Crippen LogP contribution in [0.15, 0.2) is 72.8 Å². The Morgan fingerprint density at radius 1 is 0.810 bits per heavy atom. The third kappa shape index (κ3) is 2.68. The predicted octanol–water partition coefficient (Wildman–Crippen LogP) is 4.26. The fraction of sp³-hybridized carbons (Fsp3) is 0.158. The molecule has 3 rings (SSSR count). The van der Waals surface area contributed by atoms with Crippen molar-refractivity contribution in [3.8, 4) is 0 Å². The Labute approximate surface area is 124 Å². The van der Waals surface area contributed by atoms with E-state index >= 15 is 0 Å². The zero-order chi connectivity index (χ0) is 14.7. The van der Waals surface area contributed by atoms with E-state index in [1.165, 1.54) is 0 Å². The summed E-state index contributed by atoms with van der Waals surface area (Å²) in [6.45, 7) is 0. The number of methoxy groups -OCH3 is 1. The molecule has 0 aliphatic carbocycles. The van der Waals surface area contributed by atoms with Crippen molar-refractivity contribution in [1.29, 1.82) is 0 Å². The number of hydrogen-bond donors (Lipinski definition) is 1. The average Bonchev–Trinajstić information content (AvgIpc) is 2.56. The molecular formula is C19H18O2. The minimum atomic E-state index is -0.705. The lowest BCUT2D eigenvalue weighted by atomic mass is 9.94. The maximum atomic E-state index is 10.8. The first-order valence-corrected chi connectivity index (χ1v) is 7.04. The second-order valence-corrected chi connectivity index (χ2v) is 5.08. The van der Waals surface area contributed by atoms with Gasteiger partial charge in [-0.3, -0.25) is 0 Å². The number of fused-ring (bicyclic) bond motifs is 1. The number of benzene rings is 3. The van der Waals surface area contributed by atoms with Crippen LogP contribution in [0.3, 0.4) is 0 Å². The highest BCUT2D eigenvalue weighted by Gasteiger charge is 2.23. The van der Waals surface area contributed by atoms with Gasteiger partial charge in [0.15, 0.2) is 0 Å². The lowest BCUT2D eigenvalue weighted by Crippen LogP contribution is -2.13. The Morgan fingerprint density at radius 2 is 1.48 bits per heavy atom. The molecule has 2 atom stereocenters. The first-order chi connectivity index (χ1) is 10.3. The minimum absolute atomic E-state index is 0.378. The van der Waals surface area contributed by atoms with Gasteiger partial charge in [0.05, 0.1) is 0 Å². The van der Waals surface area contributed by atoms with E-state index in [0.29, 0.717) is 0 Å². The number of hydrogen-bond acceptors (Lipinski definition) is 2. The summed E-state index contributed by atoms with van der Waals surface area (Å²) < 4.78 is 5.55. The van der Waals surface area contributed by atoms with Crippen LogP contribution in [0.1, 0.15) is 23.3 Å². The summed E-state index contributed by atoms with van der Waals surface area (Å²) in [5, 5.41) is 13.0. The maximum Gasteiger partial charge on any atom is 0.112 e. The van der Waals surface area contributed by atoms with Crippen molar-refractivity contribution in [3.63, 3.8) is 0 Å². The number of rotatable bonds is 4. The number of aliphatic hydroxyl groups excluding tert-OH is 1. The van der Waals surface area contributed by atoms with E-state index in [9.17, 15) is 5.11 Å². The molecule has 21 heavy (non-hydrogen) atoms.